The number of hydrazone groups is 1. The van der Waals surface area contributed by atoms with Crippen molar-refractivity contribution in [3.05, 3.63) is 57.1 Å². The van der Waals surface area contributed by atoms with E-state index in [4.69, 9.17) is 32.7 Å². The Balaban J connectivity index is 1.91. The molecular formula is C18H18Cl2N2O3. The monoisotopic (exact) mass is 380 g/mol. The van der Waals surface area contributed by atoms with Gasteiger partial charge in [-0.3, -0.25) is 4.79 Å². The molecule has 2 rings (SSSR count). The van der Waals surface area contributed by atoms with Gasteiger partial charge in [0.2, 0.25) is 0 Å². The predicted octanol–water partition coefficient (Wildman–Crippen LogP) is 4.15. The molecule has 0 radical (unpaired) electrons. The number of hydrogen-bond donors (Lipinski definition) is 1. The quantitative estimate of drug-likeness (QED) is 0.604. The topological polar surface area (TPSA) is 59.9 Å². The van der Waals surface area contributed by atoms with Crippen LogP contribution in [0.5, 0.6) is 11.5 Å². The zero-order valence-corrected chi connectivity index (χ0v) is 15.6. The number of methoxy groups -OCH3 is 1. The maximum absolute atomic E-state index is 11.8. The summed E-state index contributed by atoms with van der Waals surface area (Å²) >= 11 is 11.8. The maximum Gasteiger partial charge on any atom is 0.277 e. The van der Waals surface area contributed by atoms with Gasteiger partial charge >= 0.3 is 0 Å². The van der Waals surface area contributed by atoms with E-state index >= 15 is 0 Å². The number of carbonyl (C=O) groups is 1. The maximum atomic E-state index is 11.8. The van der Waals surface area contributed by atoms with Gasteiger partial charge < -0.3 is 9.47 Å². The van der Waals surface area contributed by atoms with Gasteiger partial charge in [0.05, 0.1) is 18.3 Å². The lowest BCUT2D eigenvalue weighted by Crippen LogP contribution is -2.24. The molecule has 0 atom stereocenters. The van der Waals surface area contributed by atoms with Gasteiger partial charge in [-0.15, -0.1) is 0 Å². The SMILES string of the molecule is COc1ccc(C=NNC(=O)COc2ccc(Cl)cc2Cl)c(C)c1C. The van der Waals surface area contributed by atoms with Crippen molar-refractivity contribution in [3.8, 4) is 11.5 Å². The van der Waals surface area contributed by atoms with Crippen LogP contribution in [0.2, 0.25) is 10.0 Å². The highest BCUT2D eigenvalue weighted by molar-refractivity contribution is 6.35. The third kappa shape index (κ3) is 5.11. The number of nitrogens with one attached hydrogen (secondary N) is 1. The molecule has 0 saturated carbocycles. The second-order valence-corrected chi connectivity index (χ2v) is 6.11. The molecule has 0 aliphatic rings. The van der Waals surface area contributed by atoms with Crippen LogP contribution in [0, 0.1) is 13.8 Å². The molecule has 0 heterocycles. The molecule has 0 bridgehead atoms. The summed E-state index contributed by atoms with van der Waals surface area (Å²) in [7, 11) is 1.63. The van der Waals surface area contributed by atoms with Crippen LogP contribution in [0.15, 0.2) is 35.4 Å². The van der Waals surface area contributed by atoms with E-state index in [0.29, 0.717) is 15.8 Å². The summed E-state index contributed by atoms with van der Waals surface area (Å²) in [5.41, 5.74) is 5.36. The van der Waals surface area contributed by atoms with E-state index in [2.05, 4.69) is 10.5 Å². The third-order valence-electron chi connectivity index (χ3n) is 3.64. The fourth-order valence-electron chi connectivity index (χ4n) is 2.12. The van der Waals surface area contributed by atoms with E-state index in [1.165, 1.54) is 0 Å². The number of carbonyl (C=O) groups excluding carboxylic acids is 1. The Morgan fingerprint density at radius 1 is 1.16 bits per heavy atom. The van der Waals surface area contributed by atoms with Gasteiger partial charge in [0, 0.05) is 5.02 Å². The molecule has 2 aromatic rings. The third-order valence-corrected chi connectivity index (χ3v) is 4.18. The Bertz CT molecular complexity index is 807. The van der Waals surface area contributed by atoms with Crippen molar-refractivity contribution < 1.29 is 14.3 Å². The number of ether oxygens (including phenoxy) is 2. The predicted molar refractivity (Wildman–Crippen MR) is 100 cm³/mol. The zero-order valence-electron chi connectivity index (χ0n) is 14.1. The second-order valence-electron chi connectivity index (χ2n) is 5.26. The number of hydrogen-bond acceptors (Lipinski definition) is 4. The fourth-order valence-corrected chi connectivity index (χ4v) is 2.58. The van der Waals surface area contributed by atoms with Crippen LogP contribution in [0.4, 0.5) is 0 Å². The molecular weight excluding hydrogens is 363 g/mol. The molecule has 0 saturated heterocycles. The van der Waals surface area contributed by atoms with Crippen molar-refractivity contribution in [1.29, 1.82) is 0 Å². The minimum Gasteiger partial charge on any atom is -0.496 e. The summed E-state index contributed by atoms with van der Waals surface area (Å²) < 4.78 is 10.6. The summed E-state index contributed by atoms with van der Waals surface area (Å²) in [4.78, 5) is 11.8. The first-order valence-corrected chi connectivity index (χ1v) is 8.22. The van der Waals surface area contributed by atoms with E-state index < -0.39 is 5.91 Å². The number of halogens is 2. The average molecular weight is 381 g/mol. The lowest BCUT2D eigenvalue weighted by atomic mass is 10.0. The highest BCUT2D eigenvalue weighted by Crippen LogP contribution is 2.27. The van der Waals surface area contributed by atoms with Gasteiger partial charge in [0.1, 0.15) is 11.5 Å². The van der Waals surface area contributed by atoms with Crippen LogP contribution in [-0.2, 0) is 4.79 Å². The van der Waals surface area contributed by atoms with E-state index in [0.717, 1.165) is 22.4 Å². The van der Waals surface area contributed by atoms with Crippen molar-refractivity contribution in [2.24, 2.45) is 5.10 Å². The second kappa shape index (κ2) is 8.74. The fraction of sp³-hybridized carbons (Fsp3) is 0.222. The summed E-state index contributed by atoms with van der Waals surface area (Å²) in [6, 6.07) is 8.51. The van der Waals surface area contributed by atoms with Crippen LogP contribution >= 0.6 is 23.2 Å². The molecule has 132 valence electrons. The highest BCUT2D eigenvalue weighted by atomic mass is 35.5. The van der Waals surface area contributed by atoms with Gasteiger partial charge in [-0.2, -0.15) is 5.10 Å². The molecule has 7 heteroatoms. The molecule has 0 aliphatic carbocycles. The van der Waals surface area contributed by atoms with Crippen molar-refractivity contribution in [2.75, 3.05) is 13.7 Å². The first-order valence-electron chi connectivity index (χ1n) is 7.46. The minimum absolute atomic E-state index is 0.209. The molecule has 25 heavy (non-hydrogen) atoms. The largest absolute Gasteiger partial charge is 0.496 e. The number of nitrogens with zero attached hydrogens (tertiary/aromatic N) is 1. The van der Waals surface area contributed by atoms with Gasteiger partial charge in [-0.1, -0.05) is 23.2 Å². The molecule has 1 N–H and O–H groups in total. The van der Waals surface area contributed by atoms with Gasteiger partial charge in [-0.25, -0.2) is 5.43 Å². The van der Waals surface area contributed by atoms with E-state index in [1.54, 1.807) is 31.5 Å². The minimum atomic E-state index is -0.398. The van der Waals surface area contributed by atoms with Crippen LogP contribution in [0.25, 0.3) is 0 Å². The number of benzene rings is 2. The first-order chi connectivity index (χ1) is 11.9. The van der Waals surface area contributed by atoms with Crippen molar-refractivity contribution in [2.45, 2.75) is 13.8 Å². The molecule has 0 fully saturated rings. The van der Waals surface area contributed by atoms with Crippen LogP contribution in [0.1, 0.15) is 16.7 Å². The lowest BCUT2D eigenvalue weighted by Gasteiger charge is -2.10. The summed E-state index contributed by atoms with van der Waals surface area (Å²) in [5.74, 6) is 0.795. The van der Waals surface area contributed by atoms with Crippen molar-refractivity contribution in [3.63, 3.8) is 0 Å². The Morgan fingerprint density at radius 3 is 2.56 bits per heavy atom. The highest BCUT2D eigenvalue weighted by Gasteiger charge is 2.07. The first kappa shape index (κ1) is 19.1. The normalized spacial score (nSPS) is 10.8. The lowest BCUT2D eigenvalue weighted by molar-refractivity contribution is -0.123. The van der Waals surface area contributed by atoms with Crippen LogP contribution < -0.4 is 14.9 Å². The van der Waals surface area contributed by atoms with Gasteiger partial charge in [0.25, 0.3) is 5.91 Å². The molecule has 0 unspecified atom stereocenters. The van der Waals surface area contributed by atoms with Crippen molar-refractivity contribution >= 4 is 35.3 Å². The number of rotatable bonds is 6. The van der Waals surface area contributed by atoms with E-state index in [1.807, 2.05) is 26.0 Å². The van der Waals surface area contributed by atoms with Crippen LogP contribution in [0.3, 0.4) is 0 Å². The number of amides is 1. The Labute approximate surface area is 156 Å². The average Bonchev–Trinajstić information content (AvgIpc) is 2.58. The van der Waals surface area contributed by atoms with Gasteiger partial charge in [0.15, 0.2) is 6.61 Å². The molecule has 5 nitrogen and oxygen atoms in total. The summed E-state index contributed by atoms with van der Waals surface area (Å²) in [6.07, 6.45) is 1.58. The van der Waals surface area contributed by atoms with Crippen LogP contribution in [-0.4, -0.2) is 25.8 Å². The molecule has 1 amide bonds. The molecule has 2 aromatic carbocycles. The Hall–Kier alpha value is -2.24. The summed E-state index contributed by atoms with van der Waals surface area (Å²) in [5, 5.41) is 4.79. The zero-order chi connectivity index (χ0) is 18.4. The molecule has 0 aliphatic heterocycles. The van der Waals surface area contributed by atoms with Gasteiger partial charge in [-0.05, 0) is 60.9 Å². The Kier molecular flexibility index (Phi) is 6.67. The smallest absolute Gasteiger partial charge is 0.277 e. The molecule has 0 spiro atoms. The van der Waals surface area contributed by atoms with E-state index in [-0.39, 0.29) is 6.61 Å². The van der Waals surface area contributed by atoms with Crippen molar-refractivity contribution in [1.82, 2.24) is 5.43 Å². The standard InChI is InChI=1S/C18H18Cl2N2O3/c1-11-12(2)16(24-3)6-4-13(11)9-21-22-18(23)10-25-17-7-5-14(19)8-15(17)20/h4-9H,10H2,1-3H3,(H,22,23). The van der Waals surface area contributed by atoms with E-state index in [9.17, 15) is 4.79 Å². The molecule has 0 aromatic heterocycles. The Morgan fingerprint density at radius 2 is 1.88 bits per heavy atom. The summed E-state index contributed by atoms with van der Waals surface area (Å²) in [6.45, 7) is 3.72.